The van der Waals surface area contributed by atoms with Crippen molar-refractivity contribution in [3.05, 3.63) is 0 Å². The van der Waals surface area contributed by atoms with Gasteiger partial charge in [0.05, 0.1) is 11.1 Å². The quantitative estimate of drug-likeness (QED) is 0.809. The Kier molecular flexibility index (Phi) is 5.68. The van der Waals surface area contributed by atoms with Crippen molar-refractivity contribution in [1.82, 2.24) is 5.32 Å². The average Bonchev–Trinajstić information content (AvgIpc) is 2.23. The number of alkyl halides is 1. The lowest BCUT2D eigenvalue weighted by atomic mass is 9.90. The third-order valence-electron chi connectivity index (χ3n) is 3.20. The molecular formula is C13H24ClNO3S. The number of nitrogens with one attached hydrogen (secondary N) is 1. The van der Waals surface area contributed by atoms with Gasteiger partial charge >= 0.3 is 0 Å². The normalized spacial score (nSPS) is 24.7. The molecule has 6 heteroatoms. The fourth-order valence-corrected chi connectivity index (χ4v) is 4.68. The summed E-state index contributed by atoms with van der Waals surface area (Å²) in [5, 5.41) is 1.63. The summed E-state index contributed by atoms with van der Waals surface area (Å²) in [5.74, 6) is -0.267. The van der Waals surface area contributed by atoms with Crippen molar-refractivity contribution in [3.8, 4) is 0 Å². The predicted molar refractivity (Wildman–Crippen MR) is 78.1 cm³/mol. The molecule has 112 valence electrons. The van der Waals surface area contributed by atoms with Crippen LogP contribution in [0.2, 0.25) is 0 Å². The Balaban J connectivity index is 2.47. The topological polar surface area (TPSA) is 63.2 Å². The second-order valence-corrected chi connectivity index (χ2v) is 9.38. The molecule has 19 heavy (non-hydrogen) atoms. The van der Waals surface area contributed by atoms with Gasteiger partial charge in [-0.25, -0.2) is 8.42 Å². The van der Waals surface area contributed by atoms with Crippen molar-refractivity contribution >= 4 is 27.3 Å². The minimum Gasteiger partial charge on any atom is -0.353 e. The molecule has 1 aliphatic heterocycles. The number of halogens is 1. The number of carbonyl (C=O) groups excluding carboxylic acids is 1. The Morgan fingerprint density at radius 3 is 2.53 bits per heavy atom. The van der Waals surface area contributed by atoms with Gasteiger partial charge < -0.3 is 5.32 Å². The molecular weight excluding hydrogens is 286 g/mol. The summed E-state index contributed by atoms with van der Waals surface area (Å²) < 4.78 is 23.6. The fourth-order valence-electron chi connectivity index (χ4n) is 2.31. The maximum atomic E-state index is 11.9. The van der Waals surface area contributed by atoms with Gasteiger partial charge in [-0.15, -0.1) is 11.6 Å². The number of carbonyl (C=O) groups is 1. The van der Waals surface area contributed by atoms with Crippen molar-refractivity contribution in [3.63, 3.8) is 0 Å². The maximum Gasteiger partial charge on any atom is 0.238 e. The second-order valence-electron chi connectivity index (χ2n) is 6.46. The Morgan fingerprint density at radius 2 is 2.00 bits per heavy atom. The van der Waals surface area contributed by atoms with E-state index in [1.54, 1.807) is 0 Å². The summed E-state index contributed by atoms with van der Waals surface area (Å²) in [4.78, 5) is 11.9. The predicted octanol–water partition coefficient (Wildman–Crippen LogP) is 2.11. The molecule has 1 aliphatic rings. The smallest absolute Gasteiger partial charge is 0.238 e. The molecule has 0 aromatic carbocycles. The molecule has 1 rings (SSSR count). The van der Waals surface area contributed by atoms with Crippen molar-refractivity contribution in [2.75, 3.05) is 12.3 Å². The molecule has 0 aromatic rings. The summed E-state index contributed by atoms with van der Waals surface area (Å²) >= 11 is 6.16. The first-order valence-corrected chi connectivity index (χ1v) is 8.90. The van der Waals surface area contributed by atoms with Crippen LogP contribution < -0.4 is 5.32 Å². The summed E-state index contributed by atoms with van der Waals surface area (Å²) in [6.45, 7) is 6.56. The first kappa shape index (κ1) is 16.8. The van der Waals surface area contributed by atoms with Gasteiger partial charge in [-0.05, 0) is 24.7 Å². The molecule has 1 fully saturated rings. The van der Waals surface area contributed by atoms with Crippen LogP contribution in [0.4, 0.5) is 0 Å². The summed E-state index contributed by atoms with van der Waals surface area (Å²) in [7, 11) is -3.26. The molecule has 1 N–H and O–H groups in total. The summed E-state index contributed by atoms with van der Waals surface area (Å²) in [5.41, 5.74) is 0.0913. The van der Waals surface area contributed by atoms with E-state index in [0.29, 0.717) is 19.4 Å². The van der Waals surface area contributed by atoms with E-state index >= 15 is 0 Å². The zero-order chi connectivity index (χ0) is 14.7. The highest BCUT2D eigenvalue weighted by atomic mass is 35.5. The molecule has 2 atom stereocenters. The molecule has 0 aromatic heterocycles. The lowest BCUT2D eigenvalue weighted by molar-refractivity contribution is -0.120. The molecule has 0 spiro atoms. The van der Waals surface area contributed by atoms with Crippen molar-refractivity contribution in [2.45, 2.75) is 57.1 Å². The number of hydrogen-bond acceptors (Lipinski definition) is 3. The first-order chi connectivity index (χ1) is 8.62. The van der Waals surface area contributed by atoms with Gasteiger partial charge in [0.2, 0.25) is 5.91 Å². The van der Waals surface area contributed by atoms with Gasteiger partial charge in [0.1, 0.15) is 5.25 Å². The van der Waals surface area contributed by atoms with Crippen LogP contribution in [0, 0.1) is 5.41 Å². The Bertz CT molecular complexity index is 414. The van der Waals surface area contributed by atoms with E-state index in [1.165, 1.54) is 0 Å². The van der Waals surface area contributed by atoms with Crippen molar-refractivity contribution < 1.29 is 13.2 Å². The zero-order valence-corrected chi connectivity index (χ0v) is 13.5. The number of rotatable bonds is 4. The Morgan fingerprint density at radius 1 is 1.37 bits per heavy atom. The van der Waals surface area contributed by atoms with Crippen LogP contribution in [0.15, 0.2) is 0 Å². The average molecular weight is 310 g/mol. The van der Waals surface area contributed by atoms with Gasteiger partial charge in [-0.2, -0.15) is 0 Å². The monoisotopic (exact) mass is 309 g/mol. The maximum absolute atomic E-state index is 11.9. The molecule has 0 radical (unpaired) electrons. The first-order valence-electron chi connectivity index (χ1n) is 6.75. The van der Waals surface area contributed by atoms with Crippen molar-refractivity contribution in [2.24, 2.45) is 5.41 Å². The van der Waals surface area contributed by atoms with Gasteiger partial charge in [0.15, 0.2) is 9.84 Å². The van der Waals surface area contributed by atoms with Crippen LogP contribution in [0.3, 0.4) is 0 Å². The summed E-state index contributed by atoms with van der Waals surface area (Å²) in [6, 6.07) is 0. The standard InChI is InChI=1S/C13H24ClNO3S/c1-13(2,3)8-10(14)9-15-12(16)11-6-4-5-7-19(11,17)18/h10-11H,4-9H2,1-3H3,(H,15,16). The highest BCUT2D eigenvalue weighted by Gasteiger charge is 2.34. The van der Waals surface area contributed by atoms with Crippen molar-refractivity contribution in [1.29, 1.82) is 0 Å². The van der Waals surface area contributed by atoms with E-state index in [1.807, 2.05) is 0 Å². The number of amides is 1. The summed E-state index contributed by atoms with van der Waals surface area (Å²) in [6.07, 6.45) is 2.66. The number of sulfone groups is 1. The van der Waals surface area contributed by atoms with Crippen LogP contribution in [-0.4, -0.2) is 37.2 Å². The van der Waals surface area contributed by atoms with Gasteiger partial charge in [0, 0.05) is 6.54 Å². The van der Waals surface area contributed by atoms with Crippen LogP contribution in [0.25, 0.3) is 0 Å². The van der Waals surface area contributed by atoms with Crippen LogP contribution in [-0.2, 0) is 14.6 Å². The molecule has 4 nitrogen and oxygen atoms in total. The minimum atomic E-state index is -3.26. The second kappa shape index (κ2) is 6.44. The van der Waals surface area contributed by atoms with E-state index < -0.39 is 15.1 Å². The van der Waals surface area contributed by atoms with Gasteiger partial charge in [0.25, 0.3) is 0 Å². The molecule has 0 bridgehead atoms. The molecule has 0 aliphatic carbocycles. The minimum absolute atomic E-state index is 0.0913. The van der Waals surface area contributed by atoms with Gasteiger partial charge in [-0.1, -0.05) is 27.2 Å². The largest absolute Gasteiger partial charge is 0.353 e. The SMILES string of the molecule is CC(C)(C)CC(Cl)CNC(=O)C1CCCCS1(=O)=O. The van der Waals surface area contributed by atoms with Crippen LogP contribution in [0.5, 0.6) is 0 Å². The zero-order valence-electron chi connectivity index (χ0n) is 11.9. The molecule has 1 amide bonds. The Hall–Kier alpha value is -0.290. The number of hydrogen-bond donors (Lipinski definition) is 1. The lowest BCUT2D eigenvalue weighted by Gasteiger charge is -2.24. The Labute approximate surface area is 121 Å². The van der Waals surface area contributed by atoms with E-state index in [0.717, 1.165) is 12.8 Å². The van der Waals surface area contributed by atoms with E-state index in [-0.39, 0.29) is 22.5 Å². The lowest BCUT2D eigenvalue weighted by Crippen LogP contribution is -2.44. The molecule has 2 unspecified atom stereocenters. The fraction of sp³-hybridized carbons (Fsp3) is 0.923. The van der Waals surface area contributed by atoms with Crippen LogP contribution >= 0.6 is 11.6 Å². The highest BCUT2D eigenvalue weighted by molar-refractivity contribution is 7.92. The van der Waals surface area contributed by atoms with Crippen LogP contribution in [0.1, 0.15) is 46.5 Å². The molecule has 1 heterocycles. The van der Waals surface area contributed by atoms with E-state index in [4.69, 9.17) is 11.6 Å². The third kappa shape index (κ3) is 5.69. The van der Waals surface area contributed by atoms with E-state index in [2.05, 4.69) is 26.1 Å². The van der Waals surface area contributed by atoms with Gasteiger partial charge in [-0.3, -0.25) is 4.79 Å². The van der Waals surface area contributed by atoms with E-state index in [9.17, 15) is 13.2 Å². The molecule has 0 saturated carbocycles. The third-order valence-corrected chi connectivity index (χ3v) is 5.69. The highest BCUT2D eigenvalue weighted by Crippen LogP contribution is 2.23. The molecule has 1 saturated heterocycles.